The molecule has 1 amide bonds. The number of hydrogen-bond acceptors (Lipinski definition) is 3. The zero-order valence-corrected chi connectivity index (χ0v) is 12.9. The van der Waals surface area contributed by atoms with Crippen LogP contribution in [0.4, 0.5) is 0 Å². The molecule has 0 bridgehead atoms. The molecule has 4 nitrogen and oxygen atoms in total. The molecule has 0 saturated carbocycles. The second kappa shape index (κ2) is 6.36. The quantitative estimate of drug-likeness (QED) is 0.921. The number of hydrogen-bond donors (Lipinski definition) is 1. The number of carbonyl (C=O) groups excluding carboxylic acids is 1. The fraction of sp³-hybridized carbons (Fsp3) is 0.389. The normalized spacial score (nSPS) is 22.0. The Morgan fingerprint density at radius 2 is 2.00 bits per heavy atom. The van der Waals surface area contributed by atoms with Crippen molar-refractivity contribution in [2.45, 2.75) is 6.92 Å². The minimum absolute atomic E-state index is 0.0300. The maximum atomic E-state index is 11.4. The predicted molar refractivity (Wildman–Crippen MR) is 87.7 cm³/mol. The van der Waals surface area contributed by atoms with Crippen LogP contribution in [0, 0.1) is 11.8 Å². The Balaban J connectivity index is 1.58. The molecular weight excluding hydrogens is 276 g/mol. The zero-order chi connectivity index (χ0) is 15.5. The Morgan fingerprint density at radius 3 is 2.77 bits per heavy atom. The molecule has 0 aromatic heterocycles. The maximum absolute atomic E-state index is 11.4. The van der Waals surface area contributed by atoms with Crippen LogP contribution < -0.4 is 10.5 Å². The minimum atomic E-state index is -0.190. The lowest BCUT2D eigenvalue weighted by Gasteiger charge is -2.16. The fourth-order valence-corrected chi connectivity index (χ4v) is 3.23. The van der Waals surface area contributed by atoms with E-state index in [-0.39, 0.29) is 11.8 Å². The second-order valence-electron chi connectivity index (χ2n) is 6.07. The average molecular weight is 298 g/mol. The SMILES string of the molecule is C[C@@H]1CN(CCOc2cccc3ccccc23)C[C@H]1C(N)=O. The van der Waals surface area contributed by atoms with Crippen LogP contribution in [0.5, 0.6) is 5.75 Å². The highest BCUT2D eigenvalue weighted by atomic mass is 16.5. The number of nitrogens with zero attached hydrogens (tertiary/aromatic N) is 1. The van der Waals surface area contributed by atoms with Gasteiger partial charge in [0.05, 0.1) is 5.92 Å². The van der Waals surface area contributed by atoms with E-state index in [0.717, 1.165) is 30.8 Å². The minimum Gasteiger partial charge on any atom is -0.492 e. The first-order chi connectivity index (χ1) is 10.6. The summed E-state index contributed by atoms with van der Waals surface area (Å²) in [7, 11) is 0. The van der Waals surface area contributed by atoms with Crippen molar-refractivity contribution in [3.05, 3.63) is 42.5 Å². The molecule has 2 aromatic rings. The van der Waals surface area contributed by atoms with E-state index in [9.17, 15) is 4.79 Å². The summed E-state index contributed by atoms with van der Waals surface area (Å²) in [5, 5.41) is 2.32. The van der Waals surface area contributed by atoms with Gasteiger partial charge in [0.25, 0.3) is 0 Å². The van der Waals surface area contributed by atoms with Crippen molar-refractivity contribution in [3.63, 3.8) is 0 Å². The lowest BCUT2D eigenvalue weighted by molar-refractivity contribution is -0.122. The summed E-state index contributed by atoms with van der Waals surface area (Å²) in [6, 6.07) is 14.3. The van der Waals surface area contributed by atoms with Gasteiger partial charge in [-0.1, -0.05) is 43.3 Å². The molecule has 0 radical (unpaired) electrons. The van der Waals surface area contributed by atoms with Gasteiger partial charge in [-0.3, -0.25) is 9.69 Å². The molecule has 22 heavy (non-hydrogen) atoms. The molecule has 0 unspecified atom stereocenters. The average Bonchev–Trinajstić information content (AvgIpc) is 2.89. The van der Waals surface area contributed by atoms with E-state index in [2.05, 4.69) is 30.0 Å². The van der Waals surface area contributed by atoms with Crippen LogP contribution in [0.1, 0.15) is 6.92 Å². The van der Waals surface area contributed by atoms with Gasteiger partial charge in [-0.15, -0.1) is 0 Å². The third kappa shape index (κ3) is 3.07. The molecule has 0 aliphatic carbocycles. The van der Waals surface area contributed by atoms with Crippen molar-refractivity contribution in [1.82, 2.24) is 4.90 Å². The predicted octanol–water partition coefficient (Wildman–Crippen LogP) is 2.27. The van der Waals surface area contributed by atoms with Crippen LogP contribution in [0.15, 0.2) is 42.5 Å². The van der Waals surface area contributed by atoms with Gasteiger partial charge in [-0.2, -0.15) is 0 Å². The molecular formula is C18H22N2O2. The van der Waals surface area contributed by atoms with Crippen LogP contribution in [-0.2, 0) is 4.79 Å². The van der Waals surface area contributed by atoms with Gasteiger partial charge in [0, 0.05) is 25.0 Å². The van der Waals surface area contributed by atoms with Crippen molar-refractivity contribution in [2.24, 2.45) is 17.6 Å². The third-order valence-electron chi connectivity index (χ3n) is 4.47. The van der Waals surface area contributed by atoms with Gasteiger partial charge in [-0.25, -0.2) is 0 Å². The Bertz CT molecular complexity index is 666. The third-order valence-corrected chi connectivity index (χ3v) is 4.47. The summed E-state index contributed by atoms with van der Waals surface area (Å²) in [4.78, 5) is 13.6. The monoisotopic (exact) mass is 298 g/mol. The molecule has 116 valence electrons. The molecule has 1 aliphatic rings. The number of nitrogens with two attached hydrogens (primary N) is 1. The van der Waals surface area contributed by atoms with Crippen LogP contribution >= 0.6 is 0 Å². The second-order valence-corrected chi connectivity index (χ2v) is 6.07. The number of carbonyl (C=O) groups is 1. The first-order valence-corrected chi connectivity index (χ1v) is 7.77. The molecule has 4 heteroatoms. The van der Waals surface area contributed by atoms with Gasteiger partial charge >= 0.3 is 0 Å². The number of primary amides is 1. The number of likely N-dealkylation sites (tertiary alicyclic amines) is 1. The largest absolute Gasteiger partial charge is 0.492 e. The van der Waals surface area contributed by atoms with Gasteiger partial charge in [-0.05, 0) is 17.4 Å². The number of fused-ring (bicyclic) bond motifs is 1. The number of rotatable bonds is 5. The highest BCUT2D eigenvalue weighted by Crippen LogP contribution is 2.26. The van der Waals surface area contributed by atoms with Crippen molar-refractivity contribution in [3.8, 4) is 5.75 Å². The summed E-state index contributed by atoms with van der Waals surface area (Å²) in [5.74, 6) is 1.02. The van der Waals surface area contributed by atoms with Crippen LogP contribution in [0.2, 0.25) is 0 Å². The molecule has 2 N–H and O–H groups in total. The topological polar surface area (TPSA) is 55.6 Å². The Hall–Kier alpha value is -2.07. The molecule has 1 saturated heterocycles. The highest BCUT2D eigenvalue weighted by molar-refractivity contribution is 5.88. The van der Waals surface area contributed by atoms with Crippen molar-refractivity contribution < 1.29 is 9.53 Å². The van der Waals surface area contributed by atoms with Gasteiger partial charge < -0.3 is 10.5 Å². The van der Waals surface area contributed by atoms with Crippen molar-refractivity contribution in [2.75, 3.05) is 26.2 Å². The standard InChI is InChI=1S/C18H22N2O2/c1-13-11-20(12-16(13)18(19)21)9-10-22-17-8-4-6-14-5-2-3-7-15(14)17/h2-8,13,16H,9-12H2,1H3,(H2,19,21)/t13-,16-/m1/s1. The Morgan fingerprint density at radius 1 is 1.23 bits per heavy atom. The van der Waals surface area contributed by atoms with E-state index in [1.54, 1.807) is 0 Å². The van der Waals surface area contributed by atoms with E-state index >= 15 is 0 Å². The lowest BCUT2D eigenvalue weighted by atomic mass is 9.98. The molecule has 1 aliphatic heterocycles. The van der Waals surface area contributed by atoms with Crippen LogP contribution in [0.25, 0.3) is 10.8 Å². The fourth-order valence-electron chi connectivity index (χ4n) is 3.23. The zero-order valence-electron chi connectivity index (χ0n) is 12.9. The highest BCUT2D eigenvalue weighted by Gasteiger charge is 2.32. The van der Waals surface area contributed by atoms with Gasteiger partial charge in [0.1, 0.15) is 12.4 Å². The van der Waals surface area contributed by atoms with E-state index in [0.29, 0.717) is 12.5 Å². The molecule has 3 rings (SSSR count). The van der Waals surface area contributed by atoms with E-state index in [1.165, 1.54) is 5.39 Å². The van der Waals surface area contributed by atoms with E-state index < -0.39 is 0 Å². The maximum Gasteiger partial charge on any atom is 0.222 e. The van der Waals surface area contributed by atoms with Crippen LogP contribution in [-0.4, -0.2) is 37.0 Å². The smallest absolute Gasteiger partial charge is 0.222 e. The lowest BCUT2D eigenvalue weighted by Crippen LogP contribution is -2.30. The molecule has 2 atom stereocenters. The summed E-state index contributed by atoms with van der Waals surface area (Å²) in [5.41, 5.74) is 5.44. The molecule has 1 heterocycles. The summed E-state index contributed by atoms with van der Waals surface area (Å²) < 4.78 is 5.95. The summed E-state index contributed by atoms with van der Waals surface area (Å²) in [6.07, 6.45) is 0. The first-order valence-electron chi connectivity index (χ1n) is 7.77. The number of amides is 1. The molecule has 1 fully saturated rings. The Kier molecular flexibility index (Phi) is 4.29. The Labute approximate surface area is 130 Å². The summed E-state index contributed by atoms with van der Waals surface area (Å²) in [6.45, 7) is 5.17. The van der Waals surface area contributed by atoms with E-state index in [1.807, 2.05) is 24.3 Å². The van der Waals surface area contributed by atoms with Gasteiger partial charge in [0.15, 0.2) is 0 Å². The molecule has 2 aromatic carbocycles. The van der Waals surface area contributed by atoms with Crippen molar-refractivity contribution in [1.29, 1.82) is 0 Å². The van der Waals surface area contributed by atoms with Crippen LogP contribution in [0.3, 0.4) is 0 Å². The first kappa shape index (κ1) is 14.9. The van der Waals surface area contributed by atoms with Crippen molar-refractivity contribution >= 4 is 16.7 Å². The number of benzene rings is 2. The van der Waals surface area contributed by atoms with Gasteiger partial charge in [0.2, 0.25) is 5.91 Å². The summed E-state index contributed by atoms with van der Waals surface area (Å²) >= 11 is 0. The number of ether oxygens (including phenoxy) is 1. The van der Waals surface area contributed by atoms with E-state index in [4.69, 9.17) is 10.5 Å². The molecule has 0 spiro atoms.